The zero-order valence-electron chi connectivity index (χ0n) is 39.1. The number of aliphatic carboxylic acids is 1. The number of hydrogen-bond donors (Lipinski definition) is 6. The third-order valence-electron chi connectivity index (χ3n) is 12.4. The number of amides is 2. The first-order valence-corrected chi connectivity index (χ1v) is 23.2. The fraction of sp³-hybridized carbons (Fsp3) is 0.562. The zero-order valence-corrected chi connectivity index (χ0v) is 39.9. The number of fused-ring (bicyclic) bond motifs is 14. The third kappa shape index (κ3) is 12.4. The fourth-order valence-corrected chi connectivity index (χ4v) is 9.31. The van der Waals surface area contributed by atoms with Crippen LogP contribution >= 0.6 is 11.8 Å². The van der Waals surface area contributed by atoms with Crippen molar-refractivity contribution in [2.24, 2.45) is 23.7 Å². The lowest BCUT2D eigenvalue weighted by Gasteiger charge is -2.38. The average molecular weight is 941 g/mol. The number of aliphatic hydroxyl groups is 2. The van der Waals surface area contributed by atoms with E-state index in [0.29, 0.717) is 19.4 Å². The molecule has 5 rings (SSSR count). The Morgan fingerprint density at radius 2 is 1.55 bits per heavy atom. The molecule has 18 heteroatoms. The van der Waals surface area contributed by atoms with E-state index in [9.17, 15) is 48.9 Å². The maximum atomic E-state index is 14.7. The van der Waals surface area contributed by atoms with Gasteiger partial charge in [0.1, 0.15) is 23.3 Å². The Balaban J connectivity index is 1.75. The fourth-order valence-electron chi connectivity index (χ4n) is 8.30. The van der Waals surface area contributed by atoms with E-state index in [1.807, 2.05) is 0 Å². The van der Waals surface area contributed by atoms with Gasteiger partial charge in [-0.25, -0.2) is 0 Å². The van der Waals surface area contributed by atoms with Gasteiger partial charge in [-0.2, -0.15) is 0 Å². The summed E-state index contributed by atoms with van der Waals surface area (Å²) in [5, 5.41) is 48.6. The molecule has 4 aliphatic rings. The highest BCUT2D eigenvalue weighted by Crippen LogP contribution is 2.49. The number of nitrogens with one attached hydrogen (secondary N) is 2. The van der Waals surface area contributed by atoms with Gasteiger partial charge in [0.2, 0.25) is 17.5 Å². The maximum Gasteiger partial charge on any atom is 0.312 e. The summed E-state index contributed by atoms with van der Waals surface area (Å²) in [6.07, 6.45) is 6.76. The molecule has 0 radical (unpaired) electrons. The Labute approximate surface area is 389 Å². The molecule has 6 N–H and O–H groups in total. The second-order valence-corrected chi connectivity index (χ2v) is 18.5. The number of phenols is 1. The molecular weight excluding hydrogens is 877 g/mol. The SMILES string of the molecule is CO[C@H]1/C=C/O[C@@]2(C)Oc3c(C)c(O)c4c(c3C2=O)C(=O)C(SCCC(=O)NCCCCCCCC(=O)O)=C(NC(=O)/C(C)=C\C=C\[C@@H](C)[C@H](O)[C@@H](C)[C@H](O)[C@@H](C)[C@H](OC(C)=O)[C@@H]1C)C4=O. The van der Waals surface area contributed by atoms with Crippen LogP contribution in [0, 0.1) is 30.6 Å². The standard InChI is InChI=1S/C48H64N2O15S/c1-24-16-15-17-25(2)47(61)50-37-41(58)35-34(42(59)45(37)66-23-20-32(52)49-21-14-12-10-11-13-18-33(53)54)36-44(29(6)40(35)57)65-48(8,46(36)60)63-22-19-31(62-9)26(3)43(64-30(7)51)28(5)39(56)27(4)38(24)55/h15-17,19,22,24,26-28,31,38-39,43,55-57H,10-14,18,20-21,23H2,1-9H3,(H,49,52)(H,50,61)(H,53,54)/b16-15+,22-19+,25-17-/t24-,26-,27-,28-,31+,38+,39+,43-,48+/m1/s1. The molecule has 0 aromatic heterocycles. The summed E-state index contributed by atoms with van der Waals surface area (Å²) in [6, 6.07) is 0. The minimum absolute atomic E-state index is 0.0265. The van der Waals surface area contributed by atoms with E-state index in [2.05, 4.69) is 10.6 Å². The lowest BCUT2D eigenvalue weighted by Crippen LogP contribution is -2.46. The van der Waals surface area contributed by atoms with Crippen LogP contribution in [-0.2, 0) is 33.4 Å². The summed E-state index contributed by atoms with van der Waals surface area (Å²) in [4.78, 5) is 93.0. The van der Waals surface area contributed by atoms with Gasteiger partial charge in [0.25, 0.3) is 11.7 Å². The van der Waals surface area contributed by atoms with Crippen molar-refractivity contribution < 1.29 is 72.9 Å². The Hall–Kier alpha value is -5.30. The first-order chi connectivity index (χ1) is 31.1. The highest BCUT2D eigenvalue weighted by Gasteiger charge is 2.53. The number of aromatic hydroxyl groups is 1. The van der Waals surface area contributed by atoms with Gasteiger partial charge in [0.15, 0.2) is 0 Å². The number of unbranched alkanes of at least 4 members (excludes halogenated alkanes) is 4. The summed E-state index contributed by atoms with van der Waals surface area (Å²) in [5.41, 5.74) is -1.74. The number of ketones is 3. The van der Waals surface area contributed by atoms with Gasteiger partial charge < -0.3 is 50.0 Å². The molecule has 5 bridgehead atoms. The number of benzene rings is 1. The molecule has 0 fully saturated rings. The first kappa shape index (κ1) is 53.3. The zero-order chi connectivity index (χ0) is 49.2. The van der Waals surface area contributed by atoms with Crippen LogP contribution in [0.2, 0.25) is 0 Å². The van der Waals surface area contributed by atoms with Crippen LogP contribution in [-0.4, -0.2) is 111 Å². The van der Waals surface area contributed by atoms with Crippen LogP contribution in [0.25, 0.3) is 0 Å². The maximum absolute atomic E-state index is 14.7. The molecular formula is C48H64N2O15S. The normalized spacial score (nSPS) is 29.0. The quantitative estimate of drug-likeness (QED) is 0.0976. The van der Waals surface area contributed by atoms with Crippen molar-refractivity contribution in [3.63, 3.8) is 0 Å². The molecule has 3 heterocycles. The van der Waals surface area contributed by atoms with Crippen molar-refractivity contribution in [3.05, 3.63) is 69.0 Å². The molecule has 9 atom stereocenters. The number of ether oxygens (including phenoxy) is 4. The molecule has 3 aliphatic heterocycles. The molecule has 66 heavy (non-hydrogen) atoms. The van der Waals surface area contributed by atoms with E-state index in [-0.39, 0.29) is 51.9 Å². The molecule has 0 saturated heterocycles. The number of carbonyl (C=O) groups excluding carboxylic acids is 6. The molecule has 1 aromatic carbocycles. The molecule has 362 valence electrons. The van der Waals surface area contributed by atoms with Gasteiger partial charge in [-0.05, 0) is 32.8 Å². The minimum atomic E-state index is -2.14. The van der Waals surface area contributed by atoms with Gasteiger partial charge in [-0.1, -0.05) is 65.2 Å². The minimum Gasteiger partial charge on any atom is -0.507 e. The topological polar surface area (TPSA) is 261 Å². The number of rotatable bonds is 14. The smallest absolute Gasteiger partial charge is 0.312 e. The summed E-state index contributed by atoms with van der Waals surface area (Å²) in [5.74, 6) is -11.0. The monoisotopic (exact) mass is 940 g/mol. The van der Waals surface area contributed by atoms with E-state index in [1.165, 1.54) is 53.0 Å². The van der Waals surface area contributed by atoms with Crippen LogP contribution in [0.3, 0.4) is 0 Å². The molecule has 0 spiro atoms. The molecule has 0 saturated carbocycles. The number of thioether (sulfide) groups is 1. The van der Waals surface area contributed by atoms with Crippen LogP contribution in [0.5, 0.6) is 11.5 Å². The second-order valence-electron chi connectivity index (χ2n) is 17.4. The Kier molecular flexibility index (Phi) is 18.9. The van der Waals surface area contributed by atoms with E-state index in [0.717, 1.165) is 37.3 Å². The Bertz CT molecular complexity index is 2180. The van der Waals surface area contributed by atoms with Crippen molar-refractivity contribution in [2.45, 2.75) is 131 Å². The number of phenolic OH excluding ortho intramolecular Hbond substituents is 1. The highest BCUT2D eigenvalue weighted by molar-refractivity contribution is 8.04. The van der Waals surface area contributed by atoms with Crippen LogP contribution in [0.4, 0.5) is 0 Å². The van der Waals surface area contributed by atoms with Gasteiger partial charge in [0, 0.05) is 80.9 Å². The van der Waals surface area contributed by atoms with E-state index in [4.69, 9.17) is 24.1 Å². The molecule has 2 amide bonds. The molecule has 0 unspecified atom stereocenters. The summed E-state index contributed by atoms with van der Waals surface area (Å²) >= 11 is 0.819. The number of aliphatic hydroxyl groups excluding tert-OH is 2. The number of hydrogen-bond acceptors (Lipinski definition) is 15. The lowest BCUT2D eigenvalue weighted by atomic mass is 9.78. The van der Waals surface area contributed by atoms with Crippen molar-refractivity contribution in [1.82, 2.24) is 10.6 Å². The summed E-state index contributed by atoms with van der Waals surface area (Å²) in [6.45, 7) is 12.5. The van der Waals surface area contributed by atoms with Crippen molar-refractivity contribution in [2.75, 3.05) is 19.4 Å². The number of carboxylic acid groups (broad SMARTS) is 1. The lowest BCUT2D eigenvalue weighted by molar-refractivity contribution is -0.160. The van der Waals surface area contributed by atoms with Gasteiger partial charge in [-0.15, -0.1) is 11.8 Å². The van der Waals surface area contributed by atoms with Gasteiger partial charge in [-0.3, -0.25) is 33.6 Å². The molecule has 17 nitrogen and oxygen atoms in total. The largest absolute Gasteiger partial charge is 0.507 e. The summed E-state index contributed by atoms with van der Waals surface area (Å²) < 4.78 is 23.5. The van der Waals surface area contributed by atoms with Crippen LogP contribution in [0.1, 0.15) is 130 Å². The van der Waals surface area contributed by atoms with Gasteiger partial charge >= 0.3 is 17.7 Å². The average Bonchev–Trinajstić information content (AvgIpc) is 3.53. The number of Topliss-reactive ketones (excluding diaryl/α,β-unsaturated/α-hetero) is 3. The van der Waals surface area contributed by atoms with E-state index >= 15 is 0 Å². The Morgan fingerprint density at radius 3 is 2.20 bits per heavy atom. The van der Waals surface area contributed by atoms with Crippen molar-refractivity contribution >= 4 is 52.9 Å². The number of allylic oxidation sites excluding steroid dienone is 4. The molecule has 1 aliphatic carbocycles. The van der Waals surface area contributed by atoms with Crippen molar-refractivity contribution in [1.29, 1.82) is 0 Å². The third-order valence-corrected chi connectivity index (χ3v) is 13.5. The second kappa shape index (κ2) is 23.4. The van der Waals surface area contributed by atoms with Crippen LogP contribution < -0.4 is 15.4 Å². The van der Waals surface area contributed by atoms with E-state index in [1.54, 1.807) is 33.8 Å². The predicted molar refractivity (Wildman–Crippen MR) is 244 cm³/mol. The first-order valence-electron chi connectivity index (χ1n) is 22.2. The molecule has 1 aromatic rings. The summed E-state index contributed by atoms with van der Waals surface area (Å²) in [7, 11) is 1.41. The number of carboxylic acids is 1. The number of carbonyl (C=O) groups is 7. The number of methoxy groups -OCH3 is 1. The van der Waals surface area contributed by atoms with Crippen LogP contribution in [0.15, 0.2) is 46.7 Å². The predicted octanol–water partition coefficient (Wildman–Crippen LogP) is 5.62. The van der Waals surface area contributed by atoms with Crippen molar-refractivity contribution in [3.8, 4) is 11.5 Å². The number of esters is 1. The Morgan fingerprint density at radius 1 is 0.879 bits per heavy atom. The van der Waals surface area contributed by atoms with E-state index < -0.39 is 112 Å². The van der Waals surface area contributed by atoms with Gasteiger partial charge in [0.05, 0.1) is 46.2 Å². The highest BCUT2D eigenvalue weighted by atomic mass is 32.2.